The molecule has 0 aromatic carbocycles. The van der Waals surface area contributed by atoms with E-state index in [1.807, 2.05) is 0 Å². The predicted octanol–water partition coefficient (Wildman–Crippen LogP) is 0.297. The first-order valence-corrected chi connectivity index (χ1v) is 8.81. The molecule has 0 unspecified atom stereocenters. The van der Waals surface area contributed by atoms with Gasteiger partial charge in [-0.25, -0.2) is 4.79 Å². The third-order valence-corrected chi connectivity index (χ3v) is 4.96. The zero-order valence-electron chi connectivity index (χ0n) is 12.7. The summed E-state index contributed by atoms with van der Waals surface area (Å²) in [5, 5.41) is 0. The lowest BCUT2D eigenvalue weighted by molar-refractivity contribution is -0.155. The van der Waals surface area contributed by atoms with Gasteiger partial charge in [0, 0.05) is 20.0 Å². The van der Waals surface area contributed by atoms with Crippen LogP contribution >= 0.6 is 38.5 Å². The molecule has 132 valence electrons. The molecule has 1 saturated heterocycles. The summed E-state index contributed by atoms with van der Waals surface area (Å²) in [6.45, 7) is 2.35. The second kappa shape index (κ2) is 7.78. The standard InChI is InChI=1S/C13H14BrIN2O7/c1-5(18)22-4-8-10(23-6(2)19)9(14)12(24-8)17-3-7(15)11(20)16-13(17)21/h3,8-10,12H,4H2,1-2H3,(H,16,20,21)/t8-,9-,10-,12-/m1/s1. The van der Waals surface area contributed by atoms with Crippen molar-refractivity contribution in [2.24, 2.45) is 0 Å². The molecule has 0 amide bonds. The Morgan fingerprint density at radius 2 is 2.04 bits per heavy atom. The highest BCUT2D eigenvalue weighted by molar-refractivity contribution is 14.1. The van der Waals surface area contributed by atoms with Gasteiger partial charge in [-0.1, -0.05) is 15.9 Å². The number of halogens is 2. The van der Waals surface area contributed by atoms with Gasteiger partial charge in [0.25, 0.3) is 5.56 Å². The highest BCUT2D eigenvalue weighted by Gasteiger charge is 2.47. The molecule has 1 aromatic heterocycles. The number of aromatic nitrogens is 2. The van der Waals surface area contributed by atoms with Crippen LogP contribution in [-0.4, -0.2) is 45.1 Å². The highest BCUT2D eigenvalue weighted by atomic mass is 127. The molecule has 11 heteroatoms. The van der Waals surface area contributed by atoms with Crippen LogP contribution in [0.4, 0.5) is 0 Å². The van der Waals surface area contributed by atoms with Crippen LogP contribution in [0.1, 0.15) is 20.1 Å². The second-order valence-electron chi connectivity index (χ2n) is 5.03. The molecule has 1 N–H and O–H groups in total. The lowest BCUT2D eigenvalue weighted by Crippen LogP contribution is -2.37. The van der Waals surface area contributed by atoms with Crippen molar-refractivity contribution in [3.8, 4) is 0 Å². The van der Waals surface area contributed by atoms with Crippen LogP contribution < -0.4 is 11.2 Å². The summed E-state index contributed by atoms with van der Waals surface area (Å²) in [6.07, 6.45) is -1.04. The first-order chi connectivity index (χ1) is 11.2. The molecule has 0 radical (unpaired) electrons. The SMILES string of the molecule is CC(=O)OC[C@H]1O[C@@H](n2cc(I)c(=O)[nH]c2=O)[C@H](Br)[C@@H]1OC(C)=O. The zero-order chi connectivity index (χ0) is 18.0. The van der Waals surface area contributed by atoms with Crippen molar-refractivity contribution < 1.29 is 23.8 Å². The monoisotopic (exact) mass is 516 g/mol. The van der Waals surface area contributed by atoms with Crippen molar-refractivity contribution >= 4 is 50.5 Å². The van der Waals surface area contributed by atoms with E-state index in [4.69, 9.17) is 14.2 Å². The molecule has 1 aromatic rings. The molecule has 1 fully saturated rings. The molecule has 0 bridgehead atoms. The van der Waals surface area contributed by atoms with Gasteiger partial charge in [0.05, 0.1) is 8.40 Å². The van der Waals surface area contributed by atoms with E-state index < -0.39 is 46.5 Å². The molecule has 2 rings (SSSR count). The molecule has 24 heavy (non-hydrogen) atoms. The van der Waals surface area contributed by atoms with Gasteiger partial charge in [0.2, 0.25) is 0 Å². The summed E-state index contributed by atoms with van der Waals surface area (Å²) in [6, 6.07) is 0. The number of rotatable bonds is 4. The van der Waals surface area contributed by atoms with Crippen molar-refractivity contribution in [1.29, 1.82) is 0 Å². The molecule has 0 spiro atoms. The van der Waals surface area contributed by atoms with Gasteiger partial charge in [-0.2, -0.15) is 0 Å². The molecular weight excluding hydrogens is 503 g/mol. The minimum atomic E-state index is -0.854. The third-order valence-electron chi connectivity index (χ3n) is 3.22. The fourth-order valence-corrected chi connectivity index (χ4v) is 3.50. The van der Waals surface area contributed by atoms with E-state index in [2.05, 4.69) is 20.9 Å². The van der Waals surface area contributed by atoms with Crippen LogP contribution in [0.25, 0.3) is 0 Å². The average Bonchev–Trinajstić information content (AvgIpc) is 2.77. The van der Waals surface area contributed by atoms with Gasteiger partial charge < -0.3 is 14.2 Å². The number of carbonyl (C=O) groups excluding carboxylic acids is 2. The maximum absolute atomic E-state index is 12.0. The number of nitrogens with zero attached hydrogens (tertiary/aromatic N) is 1. The van der Waals surface area contributed by atoms with Crippen molar-refractivity contribution in [1.82, 2.24) is 9.55 Å². The van der Waals surface area contributed by atoms with Crippen LogP contribution in [0, 0.1) is 3.57 Å². The number of nitrogens with one attached hydrogen (secondary N) is 1. The Morgan fingerprint density at radius 3 is 2.62 bits per heavy atom. The fourth-order valence-electron chi connectivity index (χ4n) is 2.23. The summed E-state index contributed by atoms with van der Waals surface area (Å²) in [4.78, 5) is 47.4. The van der Waals surface area contributed by atoms with Gasteiger partial charge in [-0.05, 0) is 22.6 Å². The van der Waals surface area contributed by atoms with Crippen molar-refractivity contribution in [3.63, 3.8) is 0 Å². The summed E-state index contributed by atoms with van der Waals surface area (Å²) < 4.78 is 17.4. The molecule has 9 nitrogen and oxygen atoms in total. The minimum Gasteiger partial charge on any atom is -0.463 e. The van der Waals surface area contributed by atoms with E-state index in [0.717, 1.165) is 0 Å². The van der Waals surface area contributed by atoms with Crippen LogP contribution in [0.3, 0.4) is 0 Å². The number of hydrogen-bond donors (Lipinski definition) is 1. The summed E-state index contributed by atoms with van der Waals surface area (Å²) in [5.41, 5.74) is -1.17. The highest BCUT2D eigenvalue weighted by Crippen LogP contribution is 2.36. The van der Waals surface area contributed by atoms with E-state index >= 15 is 0 Å². The van der Waals surface area contributed by atoms with Crippen molar-refractivity contribution in [3.05, 3.63) is 30.6 Å². The zero-order valence-corrected chi connectivity index (χ0v) is 16.4. The van der Waals surface area contributed by atoms with E-state index in [-0.39, 0.29) is 6.61 Å². The number of aromatic amines is 1. The van der Waals surface area contributed by atoms with Crippen LogP contribution in [0.15, 0.2) is 15.8 Å². The van der Waals surface area contributed by atoms with E-state index in [9.17, 15) is 19.2 Å². The van der Waals surface area contributed by atoms with E-state index in [1.165, 1.54) is 24.6 Å². The normalized spacial score (nSPS) is 26.2. The molecular formula is C13H14BrIN2O7. The first kappa shape index (κ1) is 19.1. The maximum atomic E-state index is 12.0. The lowest BCUT2D eigenvalue weighted by atomic mass is 10.2. The maximum Gasteiger partial charge on any atom is 0.330 e. The Hall–Kier alpha value is -1.21. The molecule has 1 aliphatic rings. The molecule has 2 heterocycles. The summed E-state index contributed by atoms with van der Waals surface area (Å²) in [7, 11) is 0. The largest absolute Gasteiger partial charge is 0.463 e. The van der Waals surface area contributed by atoms with E-state index in [0.29, 0.717) is 3.57 Å². The topological polar surface area (TPSA) is 117 Å². The van der Waals surface area contributed by atoms with Gasteiger partial charge in [0.1, 0.15) is 18.8 Å². The Balaban J connectivity index is 2.33. The van der Waals surface area contributed by atoms with Crippen LogP contribution in [0.2, 0.25) is 0 Å². The Kier molecular flexibility index (Phi) is 6.20. The summed E-state index contributed by atoms with van der Waals surface area (Å²) >= 11 is 5.15. The number of alkyl halides is 1. The number of carbonyl (C=O) groups is 2. The number of ether oxygens (including phenoxy) is 3. The average molecular weight is 517 g/mol. The van der Waals surface area contributed by atoms with Gasteiger partial charge in [0.15, 0.2) is 6.23 Å². The number of esters is 2. The van der Waals surface area contributed by atoms with Crippen LogP contribution in [-0.2, 0) is 23.8 Å². The van der Waals surface area contributed by atoms with Gasteiger partial charge in [-0.3, -0.25) is 23.9 Å². The summed E-state index contributed by atoms with van der Waals surface area (Å²) in [5.74, 6) is -1.05. The van der Waals surface area contributed by atoms with Crippen LogP contribution in [0.5, 0.6) is 0 Å². The van der Waals surface area contributed by atoms with E-state index in [1.54, 1.807) is 22.6 Å². The minimum absolute atomic E-state index is 0.138. The predicted molar refractivity (Wildman–Crippen MR) is 92.9 cm³/mol. The molecule has 0 saturated carbocycles. The quantitative estimate of drug-likeness (QED) is 0.347. The fraction of sp³-hybridized carbons (Fsp3) is 0.538. The smallest absolute Gasteiger partial charge is 0.330 e. The van der Waals surface area contributed by atoms with Gasteiger partial charge >= 0.3 is 17.6 Å². The first-order valence-electron chi connectivity index (χ1n) is 6.81. The molecule has 1 aliphatic heterocycles. The Morgan fingerprint density at radius 1 is 1.38 bits per heavy atom. The Labute approximate surface area is 157 Å². The Bertz CT molecular complexity index is 761. The second-order valence-corrected chi connectivity index (χ2v) is 7.25. The number of H-pyrrole nitrogens is 1. The third kappa shape index (κ3) is 4.25. The lowest BCUT2D eigenvalue weighted by Gasteiger charge is -2.19. The van der Waals surface area contributed by atoms with Crippen molar-refractivity contribution in [2.45, 2.75) is 37.1 Å². The molecule has 0 aliphatic carbocycles. The molecule has 4 atom stereocenters. The van der Waals surface area contributed by atoms with Gasteiger partial charge in [-0.15, -0.1) is 0 Å². The number of hydrogen-bond acceptors (Lipinski definition) is 7. The van der Waals surface area contributed by atoms with Crippen molar-refractivity contribution in [2.75, 3.05) is 6.61 Å².